The molecular weight excluding hydrogens is 396 g/mol. The molecule has 7 nitrogen and oxygen atoms in total. The Bertz CT molecular complexity index is 977. The van der Waals surface area contributed by atoms with Crippen LogP contribution in [0, 0.1) is 6.92 Å². The maximum Gasteiger partial charge on any atom is 0.371 e. The summed E-state index contributed by atoms with van der Waals surface area (Å²) in [7, 11) is -2.95. The Morgan fingerprint density at radius 2 is 1.83 bits per heavy atom. The number of rotatable bonds is 10. The minimum Gasteiger partial charge on any atom is -0.490 e. The predicted molar refractivity (Wildman–Crippen MR) is 108 cm³/mol. The van der Waals surface area contributed by atoms with Crippen molar-refractivity contribution >= 4 is 22.2 Å². The molecule has 0 bridgehead atoms. The topological polar surface area (TPSA) is 99.1 Å². The van der Waals surface area contributed by atoms with Crippen molar-refractivity contribution in [3.05, 3.63) is 59.4 Å². The molecule has 2 aromatic rings. The lowest BCUT2D eigenvalue weighted by atomic mass is 10.1. The van der Waals surface area contributed by atoms with E-state index >= 15 is 0 Å². The first-order valence-corrected chi connectivity index (χ1v) is 10.4. The van der Waals surface area contributed by atoms with Crippen molar-refractivity contribution in [3.8, 4) is 11.5 Å². The molecule has 0 fully saturated rings. The molecular formula is C21H24O7S. The van der Waals surface area contributed by atoms with E-state index in [-0.39, 0.29) is 27.7 Å². The van der Waals surface area contributed by atoms with Crippen LogP contribution >= 0.6 is 0 Å². The summed E-state index contributed by atoms with van der Waals surface area (Å²) in [5, 5.41) is 9.22. The molecule has 0 aromatic heterocycles. The minimum atomic E-state index is -4.17. The zero-order valence-corrected chi connectivity index (χ0v) is 17.4. The molecule has 0 radical (unpaired) electrons. The van der Waals surface area contributed by atoms with Gasteiger partial charge >= 0.3 is 16.1 Å². The maximum atomic E-state index is 12.8. The van der Waals surface area contributed by atoms with E-state index in [1.807, 2.05) is 13.8 Å². The number of hydrogen-bond acceptors (Lipinski definition) is 6. The molecule has 0 aliphatic rings. The van der Waals surface area contributed by atoms with E-state index < -0.39 is 16.1 Å². The van der Waals surface area contributed by atoms with Gasteiger partial charge in [-0.3, -0.25) is 0 Å². The molecule has 29 heavy (non-hydrogen) atoms. The number of hydrogen-bond donors (Lipinski definition) is 1. The number of carbonyl (C=O) groups is 1. The van der Waals surface area contributed by atoms with Gasteiger partial charge in [-0.2, -0.15) is 8.42 Å². The van der Waals surface area contributed by atoms with Gasteiger partial charge in [0.2, 0.25) is 5.76 Å². The van der Waals surface area contributed by atoms with E-state index in [0.717, 1.165) is 18.4 Å². The quantitative estimate of drug-likeness (QED) is 0.268. The number of ether oxygens (including phenoxy) is 2. The molecule has 0 spiro atoms. The monoisotopic (exact) mass is 420 g/mol. The van der Waals surface area contributed by atoms with E-state index in [2.05, 4.69) is 0 Å². The summed E-state index contributed by atoms with van der Waals surface area (Å²) in [5.41, 5.74) is 1.11. The fraction of sp³-hybridized carbons (Fsp3) is 0.286. The van der Waals surface area contributed by atoms with Crippen LogP contribution in [0.5, 0.6) is 11.5 Å². The summed E-state index contributed by atoms with van der Waals surface area (Å²) in [6, 6.07) is 10.9. The highest BCUT2D eigenvalue weighted by Gasteiger charge is 2.22. The van der Waals surface area contributed by atoms with Gasteiger partial charge in [0.15, 0.2) is 11.5 Å². The summed E-state index contributed by atoms with van der Waals surface area (Å²) in [6.45, 7) is 4.20. The lowest BCUT2D eigenvalue weighted by Gasteiger charge is -2.15. The Balaban J connectivity index is 2.52. The standard InChI is InChI=1S/C21H24O7S/c1-4-5-13-27-18-8-6-7-16(14-19(26-3)21(22)23)20(18)28-29(24,25)17-11-9-15(2)10-12-17/h6-12,14H,4-5,13H2,1-3H3,(H,22,23)/b19-14-. The summed E-state index contributed by atoms with van der Waals surface area (Å²) < 4.78 is 41.5. The summed E-state index contributed by atoms with van der Waals surface area (Å²) in [4.78, 5) is 11.3. The van der Waals surface area contributed by atoms with Crippen molar-refractivity contribution in [1.29, 1.82) is 0 Å². The van der Waals surface area contributed by atoms with Gasteiger partial charge < -0.3 is 18.8 Å². The minimum absolute atomic E-state index is 0.0217. The third-order valence-electron chi connectivity index (χ3n) is 3.98. The van der Waals surface area contributed by atoms with E-state index in [1.165, 1.54) is 31.4 Å². The van der Waals surface area contributed by atoms with Crippen LogP contribution in [0.3, 0.4) is 0 Å². The van der Waals surface area contributed by atoms with Crippen molar-refractivity contribution in [3.63, 3.8) is 0 Å². The first kappa shape index (κ1) is 22.3. The zero-order chi connectivity index (χ0) is 21.4. The molecule has 0 unspecified atom stereocenters. The number of para-hydroxylation sites is 1. The highest BCUT2D eigenvalue weighted by molar-refractivity contribution is 7.87. The van der Waals surface area contributed by atoms with Gasteiger partial charge in [-0.25, -0.2) is 4.79 Å². The van der Waals surface area contributed by atoms with Gasteiger partial charge in [-0.15, -0.1) is 0 Å². The fourth-order valence-corrected chi connectivity index (χ4v) is 3.35. The van der Waals surface area contributed by atoms with Crippen LogP contribution < -0.4 is 8.92 Å². The molecule has 156 valence electrons. The van der Waals surface area contributed by atoms with Gasteiger partial charge in [0.05, 0.1) is 13.7 Å². The predicted octanol–water partition coefficient (Wildman–Crippen LogP) is 4.01. The Labute approximate surface area is 170 Å². The molecule has 2 aromatic carbocycles. The van der Waals surface area contributed by atoms with Crippen LogP contribution in [0.4, 0.5) is 0 Å². The fourth-order valence-electron chi connectivity index (χ4n) is 2.39. The molecule has 0 saturated carbocycles. The number of unbranched alkanes of at least 4 members (excludes halogenated alkanes) is 1. The third kappa shape index (κ3) is 5.99. The number of methoxy groups -OCH3 is 1. The number of carboxylic acids is 1. The van der Waals surface area contributed by atoms with Crippen LogP contribution in [0.15, 0.2) is 53.1 Å². The van der Waals surface area contributed by atoms with Crippen LogP contribution in [0.25, 0.3) is 6.08 Å². The molecule has 2 rings (SSSR count). The number of aliphatic carboxylic acids is 1. The maximum absolute atomic E-state index is 12.8. The average Bonchev–Trinajstić information content (AvgIpc) is 2.68. The van der Waals surface area contributed by atoms with Crippen LogP contribution in [-0.2, 0) is 19.6 Å². The lowest BCUT2D eigenvalue weighted by molar-refractivity contribution is -0.135. The molecule has 0 aliphatic carbocycles. The van der Waals surface area contributed by atoms with Crippen molar-refractivity contribution in [1.82, 2.24) is 0 Å². The van der Waals surface area contributed by atoms with E-state index in [0.29, 0.717) is 6.61 Å². The SMILES string of the molecule is CCCCOc1cccc(/C=C(\OC)C(=O)O)c1OS(=O)(=O)c1ccc(C)cc1. The van der Waals surface area contributed by atoms with Crippen molar-refractivity contribution in [2.75, 3.05) is 13.7 Å². The third-order valence-corrected chi connectivity index (χ3v) is 5.22. The van der Waals surface area contributed by atoms with Crippen molar-refractivity contribution < 1.29 is 32.0 Å². The summed E-state index contributed by atoms with van der Waals surface area (Å²) in [5.74, 6) is -1.56. The second kappa shape index (κ2) is 9.97. The Hall–Kier alpha value is -3.00. The number of benzene rings is 2. The Morgan fingerprint density at radius 3 is 2.41 bits per heavy atom. The van der Waals surface area contributed by atoms with Gasteiger partial charge in [-0.05, 0) is 37.6 Å². The average molecular weight is 420 g/mol. The van der Waals surface area contributed by atoms with Gasteiger partial charge in [-0.1, -0.05) is 43.2 Å². The molecule has 0 saturated heterocycles. The van der Waals surface area contributed by atoms with Crippen molar-refractivity contribution in [2.45, 2.75) is 31.6 Å². The number of aryl methyl sites for hydroxylation is 1. The van der Waals surface area contributed by atoms with E-state index in [1.54, 1.807) is 24.3 Å². The molecule has 1 N–H and O–H groups in total. The van der Waals surface area contributed by atoms with E-state index in [4.69, 9.17) is 13.7 Å². The number of carboxylic acid groups (broad SMARTS) is 1. The lowest BCUT2D eigenvalue weighted by Crippen LogP contribution is -2.12. The van der Waals surface area contributed by atoms with Gasteiger partial charge in [0.25, 0.3) is 0 Å². The Morgan fingerprint density at radius 1 is 1.14 bits per heavy atom. The first-order valence-electron chi connectivity index (χ1n) is 9.04. The second-order valence-electron chi connectivity index (χ2n) is 6.24. The normalized spacial score (nSPS) is 11.8. The molecule has 8 heteroatoms. The summed E-state index contributed by atoms with van der Waals surface area (Å²) >= 11 is 0. The van der Waals surface area contributed by atoms with Crippen LogP contribution in [-0.4, -0.2) is 33.2 Å². The van der Waals surface area contributed by atoms with Crippen LogP contribution in [0.2, 0.25) is 0 Å². The molecule has 0 amide bonds. The first-order chi connectivity index (χ1) is 13.8. The highest BCUT2D eigenvalue weighted by atomic mass is 32.2. The molecule has 0 atom stereocenters. The largest absolute Gasteiger partial charge is 0.490 e. The Kier molecular flexibility index (Phi) is 7.67. The van der Waals surface area contributed by atoms with Crippen molar-refractivity contribution in [2.24, 2.45) is 0 Å². The smallest absolute Gasteiger partial charge is 0.371 e. The molecule has 0 heterocycles. The summed E-state index contributed by atoms with van der Waals surface area (Å²) in [6.07, 6.45) is 2.85. The highest BCUT2D eigenvalue weighted by Crippen LogP contribution is 2.35. The van der Waals surface area contributed by atoms with Crippen LogP contribution in [0.1, 0.15) is 30.9 Å². The second-order valence-corrected chi connectivity index (χ2v) is 7.79. The van der Waals surface area contributed by atoms with Gasteiger partial charge in [0.1, 0.15) is 4.90 Å². The van der Waals surface area contributed by atoms with Gasteiger partial charge in [0, 0.05) is 5.56 Å². The van der Waals surface area contributed by atoms with E-state index in [9.17, 15) is 18.3 Å². The zero-order valence-electron chi connectivity index (χ0n) is 16.5. The molecule has 0 aliphatic heterocycles.